The molecule has 0 N–H and O–H groups in total. The van der Waals surface area contributed by atoms with Gasteiger partial charge >= 0.3 is 0 Å². The van der Waals surface area contributed by atoms with Crippen LogP contribution in [0.4, 0.5) is 0 Å². The maximum atomic E-state index is 2.35. The Morgan fingerprint density at radius 3 is 2.09 bits per heavy atom. The number of allylic oxidation sites excluding steroid dienone is 4. The summed E-state index contributed by atoms with van der Waals surface area (Å²) in [5, 5.41) is 0. The molecular formula is C23H28. The molecule has 0 aliphatic rings. The average Bonchev–Trinajstić information content (AvgIpc) is 2.52. The topological polar surface area (TPSA) is 0 Å². The van der Waals surface area contributed by atoms with Crippen LogP contribution in [0.2, 0.25) is 0 Å². The second-order valence-electron chi connectivity index (χ2n) is 7.25. The minimum absolute atomic E-state index is 0.112. The zero-order valence-corrected chi connectivity index (χ0v) is 15.3. The molecule has 0 aliphatic heterocycles. The van der Waals surface area contributed by atoms with Gasteiger partial charge in [0, 0.05) is 0 Å². The van der Waals surface area contributed by atoms with E-state index in [1.54, 1.807) is 0 Å². The lowest BCUT2D eigenvalue weighted by atomic mass is 9.80. The maximum Gasteiger partial charge on any atom is -0.0126 e. The molecule has 0 aromatic heterocycles. The summed E-state index contributed by atoms with van der Waals surface area (Å²) in [5.41, 5.74) is 8.02. The Morgan fingerprint density at radius 2 is 1.52 bits per heavy atom. The van der Waals surface area contributed by atoms with Crippen molar-refractivity contribution in [2.24, 2.45) is 0 Å². The van der Waals surface area contributed by atoms with Crippen molar-refractivity contribution in [3.05, 3.63) is 77.4 Å². The Bertz CT molecular complexity index is 720. The highest BCUT2D eigenvalue weighted by atomic mass is 14.2. The highest BCUT2D eigenvalue weighted by molar-refractivity contribution is 5.74. The van der Waals surface area contributed by atoms with E-state index in [2.05, 4.69) is 102 Å². The molecule has 2 aromatic rings. The van der Waals surface area contributed by atoms with Crippen LogP contribution in [0, 0.1) is 6.92 Å². The molecule has 0 nitrogen and oxygen atoms in total. The van der Waals surface area contributed by atoms with Gasteiger partial charge in [0.2, 0.25) is 0 Å². The van der Waals surface area contributed by atoms with Crippen LogP contribution in [0.15, 0.2) is 60.7 Å². The molecule has 0 saturated heterocycles. The van der Waals surface area contributed by atoms with Crippen LogP contribution in [0.3, 0.4) is 0 Å². The van der Waals surface area contributed by atoms with Gasteiger partial charge in [-0.3, -0.25) is 0 Å². The molecule has 120 valence electrons. The third kappa shape index (κ3) is 4.22. The van der Waals surface area contributed by atoms with Gasteiger partial charge in [-0.05, 0) is 54.0 Å². The van der Waals surface area contributed by atoms with E-state index in [1.165, 1.54) is 33.4 Å². The van der Waals surface area contributed by atoms with Gasteiger partial charge in [-0.15, -0.1) is 0 Å². The fraction of sp³-hybridized carbons (Fsp3) is 0.304. The van der Waals surface area contributed by atoms with E-state index in [4.69, 9.17) is 0 Å². The minimum Gasteiger partial charge on any atom is -0.0877 e. The molecule has 0 heteroatoms. The first-order valence-corrected chi connectivity index (χ1v) is 8.34. The van der Waals surface area contributed by atoms with Gasteiger partial charge in [0.05, 0.1) is 0 Å². The molecule has 2 aromatic carbocycles. The van der Waals surface area contributed by atoms with E-state index in [0.29, 0.717) is 0 Å². The van der Waals surface area contributed by atoms with Gasteiger partial charge in [-0.1, -0.05) is 87.0 Å². The minimum atomic E-state index is 0.112. The van der Waals surface area contributed by atoms with Crippen molar-refractivity contribution in [1.82, 2.24) is 0 Å². The van der Waals surface area contributed by atoms with E-state index < -0.39 is 0 Å². The van der Waals surface area contributed by atoms with Crippen molar-refractivity contribution in [2.75, 3.05) is 0 Å². The zero-order chi connectivity index (χ0) is 17.0. The molecule has 0 heterocycles. The predicted molar refractivity (Wildman–Crippen MR) is 104 cm³/mol. The van der Waals surface area contributed by atoms with Crippen LogP contribution in [0.25, 0.3) is 16.7 Å². The summed E-state index contributed by atoms with van der Waals surface area (Å²) >= 11 is 0. The molecule has 0 fully saturated rings. The third-order valence-corrected chi connectivity index (χ3v) is 4.18. The fourth-order valence-corrected chi connectivity index (χ4v) is 2.76. The van der Waals surface area contributed by atoms with E-state index in [9.17, 15) is 0 Å². The van der Waals surface area contributed by atoms with Gasteiger partial charge < -0.3 is 0 Å². The summed E-state index contributed by atoms with van der Waals surface area (Å²) in [6, 6.07) is 15.6. The largest absolute Gasteiger partial charge is 0.0877 e. The Morgan fingerprint density at radius 1 is 0.913 bits per heavy atom. The Balaban J connectivity index is 2.57. The molecule has 0 amide bonds. The summed E-state index contributed by atoms with van der Waals surface area (Å²) in [4.78, 5) is 0. The van der Waals surface area contributed by atoms with Gasteiger partial charge in [0.1, 0.15) is 0 Å². The van der Waals surface area contributed by atoms with Crippen molar-refractivity contribution in [1.29, 1.82) is 0 Å². The van der Waals surface area contributed by atoms with Crippen molar-refractivity contribution < 1.29 is 0 Å². The van der Waals surface area contributed by atoms with Gasteiger partial charge in [0.25, 0.3) is 0 Å². The summed E-state index contributed by atoms with van der Waals surface area (Å²) < 4.78 is 0. The molecule has 23 heavy (non-hydrogen) atoms. The lowest BCUT2D eigenvalue weighted by Crippen LogP contribution is -2.14. The normalized spacial score (nSPS) is 12.9. The van der Waals surface area contributed by atoms with Gasteiger partial charge in [-0.2, -0.15) is 0 Å². The number of rotatable bonds is 3. The smallest absolute Gasteiger partial charge is 0.0126 e. The van der Waals surface area contributed by atoms with E-state index in [0.717, 1.165) is 0 Å². The first-order chi connectivity index (χ1) is 10.8. The second-order valence-corrected chi connectivity index (χ2v) is 7.25. The SMILES string of the molecule is C/C=C\C=C(/C)c1ccc(-c2ccc(C)cc2)cc1C(C)(C)C. The van der Waals surface area contributed by atoms with Crippen molar-refractivity contribution >= 4 is 5.57 Å². The van der Waals surface area contributed by atoms with Crippen molar-refractivity contribution in [3.8, 4) is 11.1 Å². The Labute approximate surface area is 141 Å². The molecule has 0 radical (unpaired) electrons. The highest BCUT2D eigenvalue weighted by Gasteiger charge is 2.19. The number of aryl methyl sites for hydroxylation is 1. The van der Waals surface area contributed by atoms with Crippen LogP contribution in [-0.4, -0.2) is 0 Å². The molecular weight excluding hydrogens is 276 g/mol. The lowest BCUT2D eigenvalue weighted by Gasteiger charge is -2.24. The monoisotopic (exact) mass is 304 g/mol. The maximum absolute atomic E-state index is 2.35. The standard InChI is InChI=1S/C23H28/c1-7-8-9-18(3)21-15-14-20(16-22(21)23(4,5)6)19-12-10-17(2)11-13-19/h7-16H,1-6H3/b8-7-,18-9+. The number of benzene rings is 2. The molecule has 2 rings (SSSR count). The highest BCUT2D eigenvalue weighted by Crippen LogP contribution is 2.34. The van der Waals surface area contributed by atoms with Crippen LogP contribution < -0.4 is 0 Å². The fourth-order valence-electron chi connectivity index (χ4n) is 2.76. The summed E-state index contributed by atoms with van der Waals surface area (Å²) in [6.07, 6.45) is 6.37. The summed E-state index contributed by atoms with van der Waals surface area (Å²) in [6.45, 7) is 13.2. The van der Waals surface area contributed by atoms with Crippen molar-refractivity contribution in [3.63, 3.8) is 0 Å². The third-order valence-electron chi connectivity index (χ3n) is 4.18. The average molecular weight is 304 g/mol. The van der Waals surface area contributed by atoms with Crippen molar-refractivity contribution in [2.45, 2.75) is 47.0 Å². The molecule has 0 unspecified atom stereocenters. The molecule has 0 spiro atoms. The molecule has 0 aliphatic carbocycles. The molecule has 0 bridgehead atoms. The van der Waals surface area contributed by atoms with Crippen LogP contribution >= 0.6 is 0 Å². The van der Waals surface area contributed by atoms with E-state index in [-0.39, 0.29) is 5.41 Å². The Kier molecular flexibility index (Phi) is 5.26. The van der Waals surface area contributed by atoms with E-state index in [1.807, 2.05) is 0 Å². The summed E-state index contributed by atoms with van der Waals surface area (Å²) in [5.74, 6) is 0. The van der Waals surface area contributed by atoms with E-state index >= 15 is 0 Å². The molecule has 0 atom stereocenters. The number of hydrogen-bond donors (Lipinski definition) is 0. The second kappa shape index (κ2) is 7.00. The first kappa shape index (κ1) is 17.3. The number of hydrogen-bond acceptors (Lipinski definition) is 0. The van der Waals surface area contributed by atoms with Crippen LogP contribution in [0.5, 0.6) is 0 Å². The quantitative estimate of drug-likeness (QED) is 0.539. The van der Waals surface area contributed by atoms with Gasteiger partial charge in [0.15, 0.2) is 0 Å². The predicted octanol–water partition coefficient (Wildman–Crippen LogP) is 6.94. The molecule has 0 saturated carbocycles. The van der Waals surface area contributed by atoms with Gasteiger partial charge in [-0.25, -0.2) is 0 Å². The lowest BCUT2D eigenvalue weighted by molar-refractivity contribution is 0.589. The first-order valence-electron chi connectivity index (χ1n) is 8.34. The summed E-state index contributed by atoms with van der Waals surface area (Å²) in [7, 11) is 0. The van der Waals surface area contributed by atoms with Crippen LogP contribution in [0.1, 0.15) is 51.3 Å². The Hall–Kier alpha value is -2.08. The van der Waals surface area contributed by atoms with Crippen LogP contribution in [-0.2, 0) is 5.41 Å². The zero-order valence-electron chi connectivity index (χ0n) is 15.3.